The van der Waals surface area contributed by atoms with Gasteiger partial charge in [0.05, 0.1) is 22.6 Å². The number of amides is 2. The summed E-state index contributed by atoms with van der Waals surface area (Å²) in [6.45, 7) is 0. The van der Waals surface area contributed by atoms with Crippen LogP contribution in [0.5, 0.6) is 5.75 Å². The maximum Gasteiger partial charge on any atom is 0.272 e. The van der Waals surface area contributed by atoms with E-state index in [1.807, 2.05) is 0 Å². The maximum atomic E-state index is 12.9. The minimum atomic E-state index is -0.603. The van der Waals surface area contributed by atoms with Gasteiger partial charge in [-0.1, -0.05) is 29.8 Å². The number of carbonyl (C=O) groups is 2. The monoisotopic (exact) mass is 451 g/mol. The molecule has 0 spiro atoms. The van der Waals surface area contributed by atoms with E-state index in [4.69, 9.17) is 16.3 Å². The van der Waals surface area contributed by atoms with Crippen molar-refractivity contribution in [3.05, 3.63) is 105 Å². The number of nitrogens with zero attached hydrogens (tertiary/aromatic N) is 1. The van der Waals surface area contributed by atoms with Crippen molar-refractivity contribution in [2.45, 2.75) is 0 Å². The Hall–Kier alpha value is -4.17. The van der Waals surface area contributed by atoms with E-state index in [9.17, 15) is 19.7 Å². The maximum absolute atomic E-state index is 12.9. The molecule has 32 heavy (non-hydrogen) atoms. The summed E-state index contributed by atoms with van der Waals surface area (Å²) in [7, 11) is 1.48. The fraction of sp³-hybridized carbons (Fsp3) is 0.0435. The summed E-state index contributed by atoms with van der Waals surface area (Å²) in [5.74, 6) is -0.698. The third-order valence-corrected chi connectivity index (χ3v) is 4.67. The molecule has 9 heteroatoms. The molecule has 0 heterocycles. The summed E-state index contributed by atoms with van der Waals surface area (Å²) in [5.41, 5.74) is 0.999. The summed E-state index contributed by atoms with van der Waals surface area (Å²) >= 11 is 6.18. The number of nitro groups is 1. The van der Waals surface area contributed by atoms with Crippen LogP contribution in [-0.4, -0.2) is 23.8 Å². The number of hydrogen-bond donors (Lipinski definition) is 2. The molecule has 0 saturated carbocycles. The van der Waals surface area contributed by atoms with E-state index in [-0.39, 0.29) is 22.0 Å². The quantitative estimate of drug-likeness (QED) is 0.308. The molecule has 0 bridgehead atoms. The van der Waals surface area contributed by atoms with Crippen LogP contribution >= 0.6 is 11.6 Å². The average molecular weight is 452 g/mol. The third-order valence-electron chi connectivity index (χ3n) is 4.36. The van der Waals surface area contributed by atoms with Crippen LogP contribution in [-0.2, 0) is 4.79 Å². The molecule has 0 aliphatic rings. The average Bonchev–Trinajstić information content (AvgIpc) is 2.79. The zero-order valence-electron chi connectivity index (χ0n) is 16.9. The molecule has 0 aliphatic carbocycles. The number of ether oxygens (including phenoxy) is 1. The van der Waals surface area contributed by atoms with Crippen LogP contribution in [0.15, 0.2) is 78.5 Å². The van der Waals surface area contributed by atoms with Crippen LogP contribution in [0.1, 0.15) is 15.9 Å². The van der Waals surface area contributed by atoms with Crippen LogP contribution < -0.4 is 15.4 Å². The predicted octanol–water partition coefficient (Wildman–Crippen LogP) is 4.67. The Morgan fingerprint density at radius 3 is 2.31 bits per heavy atom. The normalized spacial score (nSPS) is 10.9. The van der Waals surface area contributed by atoms with Gasteiger partial charge in [-0.25, -0.2) is 0 Å². The Bertz CT molecular complexity index is 1180. The van der Waals surface area contributed by atoms with E-state index in [1.165, 1.54) is 49.6 Å². The molecule has 8 nitrogen and oxygen atoms in total. The summed E-state index contributed by atoms with van der Waals surface area (Å²) in [6.07, 6.45) is 1.41. The molecule has 3 rings (SSSR count). The van der Waals surface area contributed by atoms with Gasteiger partial charge in [0.2, 0.25) is 0 Å². The van der Waals surface area contributed by atoms with Gasteiger partial charge in [-0.05, 0) is 54.1 Å². The van der Waals surface area contributed by atoms with Crippen LogP contribution in [0.4, 0.5) is 11.4 Å². The number of benzene rings is 3. The fourth-order valence-electron chi connectivity index (χ4n) is 2.73. The zero-order chi connectivity index (χ0) is 23.1. The van der Waals surface area contributed by atoms with Gasteiger partial charge in [0, 0.05) is 17.8 Å². The summed E-state index contributed by atoms with van der Waals surface area (Å²) in [6, 6.07) is 18.8. The van der Waals surface area contributed by atoms with Crippen LogP contribution in [0, 0.1) is 10.1 Å². The molecule has 0 aliphatic heterocycles. The summed E-state index contributed by atoms with van der Waals surface area (Å²) in [4.78, 5) is 36.1. The zero-order valence-corrected chi connectivity index (χ0v) is 17.6. The largest absolute Gasteiger partial charge is 0.497 e. The molecular formula is C23H18ClN3O5. The van der Waals surface area contributed by atoms with E-state index >= 15 is 0 Å². The predicted molar refractivity (Wildman–Crippen MR) is 122 cm³/mol. The molecule has 0 unspecified atom stereocenters. The molecule has 0 radical (unpaired) electrons. The third kappa shape index (κ3) is 5.71. The molecule has 0 atom stereocenters. The lowest BCUT2D eigenvalue weighted by Crippen LogP contribution is -2.31. The lowest BCUT2D eigenvalue weighted by atomic mass is 10.1. The van der Waals surface area contributed by atoms with Gasteiger partial charge >= 0.3 is 0 Å². The number of nitrogens with one attached hydrogen (secondary N) is 2. The van der Waals surface area contributed by atoms with Crippen molar-refractivity contribution >= 4 is 40.9 Å². The second kappa shape index (κ2) is 10.2. The second-order valence-corrected chi connectivity index (χ2v) is 6.93. The van der Waals surface area contributed by atoms with E-state index in [0.717, 1.165) is 0 Å². The Labute approximate surface area is 188 Å². The Morgan fingerprint density at radius 2 is 1.72 bits per heavy atom. The van der Waals surface area contributed by atoms with Crippen LogP contribution in [0.3, 0.4) is 0 Å². The summed E-state index contributed by atoms with van der Waals surface area (Å²) < 4.78 is 5.08. The van der Waals surface area contributed by atoms with E-state index in [1.54, 1.807) is 36.4 Å². The number of non-ortho nitro benzene ring substituents is 1. The Morgan fingerprint density at radius 1 is 1.03 bits per heavy atom. The van der Waals surface area contributed by atoms with E-state index < -0.39 is 16.7 Å². The SMILES string of the molecule is COc1ccc(C(=O)NC(=Cc2ccc([N+](=O)[O-])cc2)C(=O)Nc2ccccc2)c(Cl)c1. The van der Waals surface area contributed by atoms with Crippen molar-refractivity contribution in [1.29, 1.82) is 0 Å². The first-order chi connectivity index (χ1) is 15.4. The molecule has 3 aromatic carbocycles. The molecule has 0 fully saturated rings. The number of methoxy groups -OCH3 is 1. The number of carbonyl (C=O) groups excluding carboxylic acids is 2. The first-order valence-electron chi connectivity index (χ1n) is 9.35. The lowest BCUT2D eigenvalue weighted by Gasteiger charge is -2.12. The number of anilines is 1. The highest BCUT2D eigenvalue weighted by Crippen LogP contribution is 2.23. The van der Waals surface area contributed by atoms with Gasteiger partial charge in [-0.2, -0.15) is 0 Å². The highest BCUT2D eigenvalue weighted by molar-refractivity contribution is 6.34. The topological polar surface area (TPSA) is 111 Å². The number of rotatable bonds is 7. The minimum Gasteiger partial charge on any atom is -0.497 e. The van der Waals surface area contributed by atoms with Crippen molar-refractivity contribution < 1.29 is 19.2 Å². The van der Waals surface area contributed by atoms with Gasteiger partial charge in [-0.3, -0.25) is 19.7 Å². The van der Waals surface area contributed by atoms with E-state index in [0.29, 0.717) is 17.0 Å². The van der Waals surface area contributed by atoms with Gasteiger partial charge < -0.3 is 15.4 Å². The van der Waals surface area contributed by atoms with Gasteiger partial charge in [0.25, 0.3) is 17.5 Å². The molecule has 0 aromatic heterocycles. The van der Waals surface area contributed by atoms with Crippen molar-refractivity contribution in [2.75, 3.05) is 12.4 Å². The number of hydrogen-bond acceptors (Lipinski definition) is 5. The lowest BCUT2D eigenvalue weighted by molar-refractivity contribution is -0.384. The summed E-state index contributed by atoms with van der Waals surface area (Å²) in [5, 5.41) is 16.3. The molecule has 3 aromatic rings. The van der Waals surface area contributed by atoms with Crippen molar-refractivity contribution in [3.63, 3.8) is 0 Å². The van der Waals surface area contributed by atoms with Gasteiger partial charge in [0.1, 0.15) is 11.4 Å². The highest BCUT2D eigenvalue weighted by Gasteiger charge is 2.18. The minimum absolute atomic E-state index is 0.0698. The van der Waals surface area contributed by atoms with Crippen molar-refractivity contribution in [1.82, 2.24) is 5.32 Å². The van der Waals surface area contributed by atoms with Crippen molar-refractivity contribution in [2.24, 2.45) is 0 Å². The molecule has 2 N–H and O–H groups in total. The number of nitro benzene ring substituents is 1. The molecule has 2 amide bonds. The highest BCUT2D eigenvalue weighted by atomic mass is 35.5. The Balaban J connectivity index is 1.91. The number of halogens is 1. The first kappa shape index (κ1) is 22.5. The Kier molecular flexibility index (Phi) is 7.20. The molecule has 0 saturated heterocycles. The van der Waals surface area contributed by atoms with Crippen LogP contribution in [0.25, 0.3) is 6.08 Å². The standard InChI is InChI=1S/C23H18ClN3O5/c1-32-18-11-12-19(20(24)14-18)22(28)26-21(23(29)25-16-5-3-2-4-6-16)13-15-7-9-17(10-8-15)27(30)31/h2-14H,1H3,(H,25,29)(H,26,28). The van der Waals surface area contributed by atoms with Gasteiger partial charge in [-0.15, -0.1) is 0 Å². The molecular weight excluding hydrogens is 434 g/mol. The first-order valence-corrected chi connectivity index (χ1v) is 9.72. The van der Waals surface area contributed by atoms with E-state index in [2.05, 4.69) is 10.6 Å². The smallest absolute Gasteiger partial charge is 0.272 e. The second-order valence-electron chi connectivity index (χ2n) is 6.53. The van der Waals surface area contributed by atoms with Gasteiger partial charge in [0.15, 0.2) is 0 Å². The fourth-order valence-corrected chi connectivity index (χ4v) is 2.99. The van der Waals surface area contributed by atoms with Crippen LogP contribution in [0.2, 0.25) is 5.02 Å². The number of para-hydroxylation sites is 1. The van der Waals surface area contributed by atoms with Crippen molar-refractivity contribution in [3.8, 4) is 5.75 Å². The molecule has 162 valence electrons.